The molecule has 0 spiro atoms. The molecule has 7 nitrogen and oxygen atoms in total. The third-order valence-electron chi connectivity index (χ3n) is 3.98. The number of nitrogens with zero attached hydrogens (tertiary/aromatic N) is 3. The Bertz CT molecular complexity index is 671. The fourth-order valence-corrected chi connectivity index (χ4v) is 2.63. The maximum atomic E-state index is 12.4. The minimum absolute atomic E-state index is 0.206. The normalized spacial score (nSPS) is 18.7. The molecule has 1 aromatic carbocycles. The SMILES string of the molecule is CC(C)c1nc(NC(=O)C2CN(Cc3ccccc3)CCO2)n[nH]1. The molecule has 1 aliphatic rings. The summed E-state index contributed by atoms with van der Waals surface area (Å²) in [5, 5.41) is 9.58. The number of amides is 1. The number of morpholine rings is 1. The molecule has 1 fully saturated rings. The van der Waals surface area contributed by atoms with Crippen LogP contribution in [0.25, 0.3) is 0 Å². The second kappa shape index (κ2) is 7.55. The molecule has 0 aliphatic carbocycles. The summed E-state index contributed by atoms with van der Waals surface area (Å²) in [5.74, 6) is 1.07. The molecule has 1 atom stereocenters. The lowest BCUT2D eigenvalue weighted by atomic mass is 10.2. The first-order valence-corrected chi connectivity index (χ1v) is 8.23. The van der Waals surface area contributed by atoms with Crippen LogP contribution in [-0.2, 0) is 16.1 Å². The molecule has 1 aromatic heterocycles. The lowest BCUT2D eigenvalue weighted by molar-refractivity contribution is -0.133. The van der Waals surface area contributed by atoms with Gasteiger partial charge in [0.1, 0.15) is 11.9 Å². The van der Waals surface area contributed by atoms with Crippen LogP contribution in [0.4, 0.5) is 5.95 Å². The Hall–Kier alpha value is -2.25. The average Bonchev–Trinajstić information content (AvgIpc) is 3.05. The maximum Gasteiger partial charge on any atom is 0.257 e. The third-order valence-corrected chi connectivity index (χ3v) is 3.98. The number of aromatic nitrogens is 3. The van der Waals surface area contributed by atoms with E-state index < -0.39 is 6.10 Å². The summed E-state index contributed by atoms with van der Waals surface area (Å²) >= 11 is 0. The van der Waals surface area contributed by atoms with Crippen molar-refractivity contribution in [3.05, 3.63) is 41.7 Å². The van der Waals surface area contributed by atoms with Crippen molar-refractivity contribution < 1.29 is 9.53 Å². The van der Waals surface area contributed by atoms with Gasteiger partial charge in [-0.2, -0.15) is 4.98 Å². The summed E-state index contributed by atoms with van der Waals surface area (Å²) in [6.45, 7) is 6.75. The molecule has 0 saturated carbocycles. The second-order valence-corrected chi connectivity index (χ2v) is 6.27. The minimum Gasteiger partial charge on any atom is -0.366 e. The van der Waals surface area contributed by atoms with Gasteiger partial charge in [-0.3, -0.25) is 20.1 Å². The highest BCUT2D eigenvalue weighted by atomic mass is 16.5. The Morgan fingerprint density at radius 2 is 2.21 bits per heavy atom. The lowest BCUT2D eigenvalue weighted by Crippen LogP contribution is -2.47. The Morgan fingerprint density at radius 3 is 2.92 bits per heavy atom. The molecule has 1 saturated heterocycles. The monoisotopic (exact) mass is 329 g/mol. The molecule has 3 rings (SSSR count). The predicted octanol–water partition coefficient (Wildman–Crippen LogP) is 1.77. The number of benzene rings is 1. The van der Waals surface area contributed by atoms with E-state index in [2.05, 4.69) is 37.5 Å². The number of carbonyl (C=O) groups is 1. The number of rotatable bonds is 5. The maximum absolute atomic E-state index is 12.4. The first-order valence-electron chi connectivity index (χ1n) is 8.23. The Kier molecular flexibility index (Phi) is 5.22. The summed E-state index contributed by atoms with van der Waals surface area (Å²) in [6.07, 6.45) is -0.511. The highest BCUT2D eigenvalue weighted by Gasteiger charge is 2.27. The van der Waals surface area contributed by atoms with E-state index in [-0.39, 0.29) is 11.8 Å². The van der Waals surface area contributed by atoms with E-state index in [1.165, 1.54) is 5.56 Å². The number of aromatic amines is 1. The van der Waals surface area contributed by atoms with Crippen molar-refractivity contribution >= 4 is 11.9 Å². The van der Waals surface area contributed by atoms with Crippen molar-refractivity contribution in [3.63, 3.8) is 0 Å². The van der Waals surface area contributed by atoms with Crippen molar-refractivity contribution in [1.29, 1.82) is 0 Å². The Labute approximate surface area is 141 Å². The van der Waals surface area contributed by atoms with Gasteiger partial charge in [0.05, 0.1) is 6.61 Å². The van der Waals surface area contributed by atoms with E-state index in [0.717, 1.165) is 18.9 Å². The number of ether oxygens (including phenoxy) is 1. The van der Waals surface area contributed by atoms with Crippen LogP contribution >= 0.6 is 0 Å². The zero-order chi connectivity index (χ0) is 16.9. The van der Waals surface area contributed by atoms with E-state index in [1.54, 1.807) is 0 Å². The highest BCUT2D eigenvalue weighted by molar-refractivity contribution is 5.92. The van der Waals surface area contributed by atoms with Gasteiger partial charge in [-0.05, 0) is 5.56 Å². The third kappa shape index (κ3) is 4.18. The van der Waals surface area contributed by atoms with Gasteiger partial charge in [-0.25, -0.2) is 0 Å². The molecule has 2 N–H and O–H groups in total. The molecule has 128 valence electrons. The van der Waals surface area contributed by atoms with E-state index in [4.69, 9.17) is 4.74 Å². The number of H-pyrrole nitrogens is 1. The van der Waals surface area contributed by atoms with E-state index in [0.29, 0.717) is 19.1 Å². The molecule has 2 heterocycles. The summed E-state index contributed by atoms with van der Waals surface area (Å²) < 4.78 is 5.61. The molecule has 2 aromatic rings. The topological polar surface area (TPSA) is 83.1 Å². The quantitative estimate of drug-likeness (QED) is 0.873. The first-order chi connectivity index (χ1) is 11.6. The van der Waals surface area contributed by atoms with Crippen LogP contribution in [0.1, 0.15) is 31.2 Å². The number of anilines is 1. The zero-order valence-corrected chi connectivity index (χ0v) is 14.0. The molecule has 24 heavy (non-hydrogen) atoms. The molecular formula is C17H23N5O2. The summed E-state index contributed by atoms with van der Waals surface area (Å²) in [4.78, 5) is 18.9. The second-order valence-electron chi connectivity index (χ2n) is 6.27. The Morgan fingerprint density at radius 1 is 1.42 bits per heavy atom. The largest absolute Gasteiger partial charge is 0.366 e. The summed E-state index contributed by atoms with van der Waals surface area (Å²) in [5.41, 5.74) is 1.23. The van der Waals surface area contributed by atoms with Crippen molar-refractivity contribution in [1.82, 2.24) is 20.1 Å². The summed E-state index contributed by atoms with van der Waals surface area (Å²) in [6, 6.07) is 10.2. The van der Waals surface area contributed by atoms with Crippen molar-refractivity contribution in [3.8, 4) is 0 Å². The van der Waals surface area contributed by atoms with Crippen LogP contribution in [0.15, 0.2) is 30.3 Å². The molecule has 1 unspecified atom stereocenters. The van der Waals surface area contributed by atoms with Gasteiger partial charge in [0.25, 0.3) is 5.91 Å². The fraction of sp³-hybridized carbons (Fsp3) is 0.471. The lowest BCUT2D eigenvalue weighted by Gasteiger charge is -2.31. The van der Waals surface area contributed by atoms with Gasteiger partial charge in [0, 0.05) is 25.6 Å². The molecule has 0 radical (unpaired) electrons. The van der Waals surface area contributed by atoms with Crippen molar-refractivity contribution in [2.75, 3.05) is 25.0 Å². The summed E-state index contributed by atoms with van der Waals surface area (Å²) in [7, 11) is 0. The molecule has 7 heteroatoms. The van der Waals surface area contributed by atoms with Crippen LogP contribution in [-0.4, -0.2) is 51.8 Å². The van der Waals surface area contributed by atoms with Gasteiger partial charge in [0.15, 0.2) is 0 Å². The van der Waals surface area contributed by atoms with Crippen LogP contribution in [0.5, 0.6) is 0 Å². The standard InChI is InChI=1S/C17H23N5O2/c1-12(2)15-18-17(21-20-15)19-16(23)14-11-22(8-9-24-14)10-13-6-4-3-5-7-13/h3-7,12,14H,8-11H2,1-2H3,(H2,18,19,20,21,23). The van der Waals surface area contributed by atoms with Crippen molar-refractivity contribution in [2.45, 2.75) is 32.4 Å². The molecule has 1 amide bonds. The van der Waals surface area contributed by atoms with Gasteiger partial charge in [-0.15, -0.1) is 5.10 Å². The van der Waals surface area contributed by atoms with E-state index in [1.807, 2.05) is 32.0 Å². The smallest absolute Gasteiger partial charge is 0.257 e. The fourth-order valence-electron chi connectivity index (χ4n) is 2.63. The average molecular weight is 329 g/mol. The Balaban J connectivity index is 1.56. The predicted molar refractivity (Wildman–Crippen MR) is 90.6 cm³/mol. The highest BCUT2D eigenvalue weighted by Crippen LogP contribution is 2.13. The zero-order valence-electron chi connectivity index (χ0n) is 14.0. The van der Waals surface area contributed by atoms with Crippen LogP contribution in [0.3, 0.4) is 0 Å². The van der Waals surface area contributed by atoms with E-state index in [9.17, 15) is 4.79 Å². The van der Waals surface area contributed by atoms with Crippen LogP contribution in [0.2, 0.25) is 0 Å². The van der Waals surface area contributed by atoms with Crippen molar-refractivity contribution in [2.24, 2.45) is 0 Å². The number of carbonyl (C=O) groups excluding carboxylic acids is 1. The van der Waals surface area contributed by atoms with Gasteiger partial charge in [0.2, 0.25) is 5.95 Å². The molecule has 1 aliphatic heterocycles. The van der Waals surface area contributed by atoms with Gasteiger partial charge in [-0.1, -0.05) is 44.2 Å². The molecule has 0 bridgehead atoms. The van der Waals surface area contributed by atoms with Crippen LogP contribution in [0, 0.1) is 0 Å². The number of hydrogen-bond donors (Lipinski definition) is 2. The minimum atomic E-state index is -0.511. The number of nitrogens with one attached hydrogen (secondary N) is 2. The van der Waals surface area contributed by atoms with E-state index >= 15 is 0 Å². The first kappa shape index (κ1) is 16.6. The van der Waals surface area contributed by atoms with Gasteiger partial charge >= 0.3 is 0 Å². The van der Waals surface area contributed by atoms with Gasteiger partial charge < -0.3 is 4.74 Å². The molecular weight excluding hydrogens is 306 g/mol. The van der Waals surface area contributed by atoms with Crippen LogP contribution < -0.4 is 5.32 Å². The number of hydrogen-bond acceptors (Lipinski definition) is 5.